The van der Waals surface area contributed by atoms with Gasteiger partial charge in [0.25, 0.3) is 6.47 Å². The number of carbonyl (C=O) groups excluding carboxylic acids is 1. The van der Waals surface area contributed by atoms with Gasteiger partial charge in [0.2, 0.25) is 0 Å². The van der Waals surface area contributed by atoms with Gasteiger partial charge in [-0.3, -0.25) is 4.79 Å². The Morgan fingerprint density at radius 3 is 2.33 bits per heavy atom. The largest absolute Gasteiger partial charge is 0.462 e. The molecule has 0 radical (unpaired) electrons. The van der Waals surface area contributed by atoms with Gasteiger partial charge in [-0.05, 0) is 76.9 Å². The first kappa shape index (κ1) is 26.5. The summed E-state index contributed by atoms with van der Waals surface area (Å²) < 4.78 is 27.6. The number of hydrogen-bond donors (Lipinski definition) is 2. The van der Waals surface area contributed by atoms with Gasteiger partial charge in [0, 0.05) is 31.6 Å². The third kappa shape index (κ3) is 9.75. The van der Waals surface area contributed by atoms with Crippen molar-refractivity contribution >= 4 is 33.6 Å². The lowest BCUT2D eigenvalue weighted by Gasteiger charge is -2.28. The lowest BCUT2D eigenvalue weighted by molar-refractivity contribution is -0.138. The van der Waals surface area contributed by atoms with Crippen molar-refractivity contribution in [2.24, 2.45) is 5.92 Å². The van der Waals surface area contributed by atoms with Crippen molar-refractivity contribution in [2.45, 2.75) is 44.1 Å². The smallest absolute Gasteiger partial charge is 0.293 e. The van der Waals surface area contributed by atoms with E-state index in [1.165, 1.54) is 19.1 Å². The highest BCUT2D eigenvalue weighted by Crippen LogP contribution is 2.21. The Morgan fingerprint density at radius 2 is 1.82 bits per heavy atom. The maximum Gasteiger partial charge on any atom is 0.293 e. The molecule has 0 unspecified atom stereocenters. The van der Waals surface area contributed by atoms with Crippen LogP contribution in [0.25, 0.3) is 0 Å². The Morgan fingerprint density at radius 1 is 1.18 bits per heavy atom. The first-order valence-electron chi connectivity index (χ1n) is 10.9. The molecule has 9 nitrogen and oxygen atoms in total. The molecular weight excluding hydrogens is 442 g/mol. The standard InChI is InChI=1S/C18H25N5O2S.C5H10O2/c1-23(12-14-7-9-19-10-8-14)18-11-17(20-13-21-18)22-15-3-5-16(6-4-15)26(2,24)25;1-5(2,3)7-4-6/h3-6,11,13-14,19H,7-10,12H2,1-2H3,(H,20,21,22);4H,1-3H3. The fourth-order valence-electron chi connectivity index (χ4n) is 3.25. The van der Waals surface area contributed by atoms with Crippen LogP contribution in [0.5, 0.6) is 0 Å². The van der Waals surface area contributed by atoms with Gasteiger partial charge in [-0.15, -0.1) is 0 Å². The van der Waals surface area contributed by atoms with Crippen molar-refractivity contribution < 1.29 is 17.9 Å². The fraction of sp³-hybridized carbons (Fsp3) is 0.522. The molecule has 1 fully saturated rings. The summed E-state index contributed by atoms with van der Waals surface area (Å²) in [6.07, 6.45) is 5.12. The SMILES string of the molecule is CC(C)(C)OC=O.CN(CC1CCNCC1)c1cc(Nc2ccc(S(C)(=O)=O)cc2)ncn1. The third-order valence-electron chi connectivity index (χ3n) is 4.99. The predicted molar refractivity (Wildman–Crippen MR) is 131 cm³/mol. The van der Waals surface area contributed by atoms with Crippen LogP contribution in [0.15, 0.2) is 41.6 Å². The monoisotopic (exact) mass is 477 g/mol. The Bertz CT molecular complexity index is 985. The number of rotatable bonds is 7. The number of sulfone groups is 1. The highest BCUT2D eigenvalue weighted by molar-refractivity contribution is 7.90. The molecule has 2 aromatic rings. The third-order valence-corrected chi connectivity index (χ3v) is 6.12. The van der Waals surface area contributed by atoms with Crippen molar-refractivity contribution in [1.82, 2.24) is 15.3 Å². The second-order valence-electron chi connectivity index (χ2n) is 9.08. The molecule has 1 aromatic heterocycles. The van der Waals surface area contributed by atoms with Crippen LogP contribution in [-0.2, 0) is 19.4 Å². The first-order valence-corrected chi connectivity index (χ1v) is 12.8. The van der Waals surface area contributed by atoms with E-state index in [1.807, 2.05) is 26.8 Å². The number of ether oxygens (including phenoxy) is 1. The van der Waals surface area contributed by atoms with E-state index in [0.29, 0.717) is 23.1 Å². The van der Waals surface area contributed by atoms with Crippen LogP contribution < -0.4 is 15.5 Å². The van der Waals surface area contributed by atoms with E-state index in [0.717, 1.165) is 31.1 Å². The molecule has 0 atom stereocenters. The summed E-state index contributed by atoms with van der Waals surface area (Å²) in [5.41, 5.74) is 0.463. The first-order chi connectivity index (χ1) is 15.5. The summed E-state index contributed by atoms with van der Waals surface area (Å²) in [6.45, 7) is 9.06. The normalized spacial score (nSPS) is 14.6. The van der Waals surface area contributed by atoms with Gasteiger partial charge in [-0.25, -0.2) is 18.4 Å². The Balaban J connectivity index is 0.000000479. The molecule has 1 aromatic carbocycles. The molecular formula is C23H35N5O4S. The van der Waals surface area contributed by atoms with Crippen LogP contribution in [0, 0.1) is 5.92 Å². The second-order valence-corrected chi connectivity index (χ2v) is 11.1. The zero-order valence-corrected chi connectivity index (χ0v) is 20.9. The molecule has 0 amide bonds. The number of nitrogens with one attached hydrogen (secondary N) is 2. The Kier molecular flexibility index (Phi) is 9.60. The van der Waals surface area contributed by atoms with Gasteiger partial charge in [-0.1, -0.05) is 0 Å². The van der Waals surface area contributed by atoms with Gasteiger partial charge in [0.05, 0.1) is 4.90 Å². The molecule has 182 valence electrons. The number of aromatic nitrogens is 2. The molecule has 2 N–H and O–H groups in total. The number of anilines is 3. The molecule has 0 bridgehead atoms. The van der Waals surface area contributed by atoms with E-state index in [-0.39, 0.29) is 5.60 Å². The van der Waals surface area contributed by atoms with E-state index in [1.54, 1.807) is 30.6 Å². The van der Waals surface area contributed by atoms with Gasteiger partial charge in [0.1, 0.15) is 23.6 Å². The fourth-order valence-corrected chi connectivity index (χ4v) is 3.88. The highest BCUT2D eigenvalue weighted by Gasteiger charge is 2.16. The minimum atomic E-state index is -3.19. The van der Waals surface area contributed by atoms with E-state index < -0.39 is 9.84 Å². The maximum atomic E-state index is 11.5. The lowest BCUT2D eigenvalue weighted by atomic mass is 9.98. The van der Waals surface area contributed by atoms with Crippen LogP contribution in [0.1, 0.15) is 33.6 Å². The Hall–Kier alpha value is -2.72. The van der Waals surface area contributed by atoms with Crippen molar-refractivity contribution in [1.29, 1.82) is 0 Å². The van der Waals surface area contributed by atoms with Crippen LogP contribution >= 0.6 is 0 Å². The van der Waals surface area contributed by atoms with Crippen LogP contribution in [0.4, 0.5) is 17.3 Å². The average molecular weight is 478 g/mol. The quantitative estimate of drug-likeness (QED) is 0.581. The molecule has 10 heteroatoms. The average Bonchev–Trinajstić information content (AvgIpc) is 2.74. The van der Waals surface area contributed by atoms with Gasteiger partial charge in [-0.2, -0.15) is 0 Å². The minimum absolute atomic E-state index is 0.299. The zero-order valence-electron chi connectivity index (χ0n) is 20.0. The molecule has 1 saturated heterocycles. The molecule has 3 rings (SSSR count). The van der Waals surface area contributed by atoms with E-state index >= 15 is 0 Å². The molecule has 2 heterocycles. The summed E-state index contributed by atoms with van der Waals surface area (Å²) in [5, 5.41) is 6.58. The molecule has 0 saturated carbocycles. The van der Waals surface area contributed by atoms with Gasteiger partial charge >= 0.3 is 0 Å². The molecule has 33 heavy (non-hydrogen) atoms. The van der Waals surface area contributed by atoms with E-state index in [9.17, 15) is 13.2 Å². The van der Waals surface area contributed by atoms with E-state index in [2.05, 4.69) is 37.3 Å². The lowest BCUT2D eigenvalue weighted by Crippen LogP contribution is -2.34. The van der Waals surface area contributed by atoms with Crippen molar-refractivity contribution in [3.8, 4) is 0 Å². The summed E-state index contributed by atoms with van der Waals surface area (Å²) >= 11 is 0. The number of carbonyl (C=O) groups is 1. The molecule has 0 spiro atoms. The zero-order chi connectivity index (χ0) is 24.5. The number of hydrogen-bond acceptors (Lipinski definition) is 9. The van der Waals surface area contributed by atoms with Crippen LogP contribution in [0.3, 0.4) is 0 Å². The summed E-state index contributed by atoms with van der Waals surface area (Å²) in [7, 11) is -1.14. The van der Waals surface area contributed by atoms with Gasteiger partial charge in [0.15, 0.2) is 9.84 Å². The van der Waals surface area contributed by atoms with Crippen molar-refractivity contribution in [2.75, 3.05) is 43.2 Å². The van der Waals surface area contributed by atoms with Crippen LogP contribution in [-0.4, -0.2) is 63.4 Å². The maximum absolute atomic E-state index is 11.5. The molecule has 1 aliphatic heterocycles. The minimum Gasteiger partial charge on any atom is -0.462 e. The summed E-state index contributed by atoms with van der Waals surface area (Å²) in [6, 6.07) is 8.55. The molecule has 1 aliphatic rings. The van der Waals surface area contributed by atoms with Crippen LogP contribution in [0.2, 0.25) is 0 Å². The second kappa shape index (κ2) is 11.9. The molecule has 0 aliphatic carbocycles. The Labute approximate surface area is 196 Å². The van der Waals surface area contributed by atoms with E-state index in [4.69, 9.17) is 0 Å². The summed E-state index contributed by atoms with van der Waals surface area (Å²) in [5.74, 6) is 2.23. The summed E-state index contributed by atoms with van der Waals surface area (Å²) in [4.78, 5) is 20.7. The number of piperidine rings is 1. The topological polar surface area (TPSA) is 114 Å². The highest BCUT2D eigenvalue weighted by atomic mass is 32.2. The number of benzene rings is 1. The number of nitrogens with zero attached hydrogens (tertiary/aromatic N) is 3. The van der Waals surface area contributed by atoms with Crippen molar-refractivity contribution in [3.63, 3.8) is 0 Å². The van der Waals surface area contributed by atoms with Gasteiger partial charge < -0.3 is 20.3 Å². The predicted octanol–water partition coefficient (Wildman–Crippen LogP) is 3.02. The van der Waals surface area contributed by atoms with Crippen molar-refractivity contribution in [3.05, 3.63) is 36.7 Å².